The number of carbonyl (C=O) groups excluding carboxylic acids is 2. The minimum atomic E-state index is -0.512. The number of urea groups is 1. The van der Waals surface area contributed by atoms with Crippen LogP contribution in [-0.4, -0.2) is 65.9 Å². The molecule has 0 radical (unpaired) electrons. The molecule has 164 valence electrons. The van der Waals surface area contributed by atoms with E-state index in [0.29, 0.717) is 43.4 Å². The summed E-state index contributed by atoms with van der Waals surface area (Å²) in [4.78, 5) is 31.3. The van der Waals surface area contributed by atoms with Crippen molar-refractivity contribution in [3.8, 4) is 11.5 Å². The molecule has 0 unspecified atom stereocenters. The molecule has 0 atom stereocenters. The molecule has 1 saturated heterocycles. The number of hydrogen-bond acceptors (Lipinski definition) is 6. The third-order valence-electron chi connectivity index (χ3n) is 6.03. The van der Waals surface area contributed by atoms with Crippen molar-refractivity contribution < 1.29 is 24.3 Å². The van der Waals surface area contributed by atoms with Gasteiger partial charge in [-0.1, -0.05) is 0 Å². The first-order chi connectivity index (χ1) is 14.5. The highest BCUT2D eigenvalue weighted by molar-refractivity contribution is 5.96. The monoisotopic (exact) mass is 418 g/mol. The molecule has 1 saturated carbocycles. The van der Waals surface area contributed by atoms with Crippen molar-refractivity contribution in [3.63, 3.8) is 0 Å². The molecule has 9 heteroatoms. The van der Waals surface area contributed by atoms with Crippen molar-refractivity contribution in [2.45, 2.75) is 44.6 Å². The van der Waals surface area contributed by atoms with Gasteiger partial charge in [-0.05, 0) is 50.2 Å². The van der Waals surface area contributed by atoms with E-state index in [1.54, 1.807) is 12.1 Å². The van der Waals surface area contributed by atoms with Crippen LogP contribution in [0.5, 0.6) is 11.5 Å². The molecule has 2 aliphatic heterocycles. The number of phenols is 1. The Hall–Kier alpha value is -2.52. The van der Waals surface area contributed by atoms with Gasteiger partial charge in [0.05, 0.1) is 18.3 Å². The van der Waals surface area contributed by atoms with Gasteiger partial charge in [0.15, 0.2) is 0 Å². The van der Waals surface area contributed by atoms with E-state index in [1.165, 1.54) is 17.9 Å². The van der Waals surface area contributed by atoms with Gasteiger partial charge in [-0.25, -0.2) is 9.86 Å². The van der Waals surface area contributed by atoms with Gasteiger partial charge in [-0.3, -0.25) is 14.5 Å². The minimum Gasteiger partial charge on any atom is -0.506 e. The molecule has 3 aliphatic rings. The topological polar surface area (TPSA) is 117 Å². The second-order valence-electron chi connectivity index (χ2n) is 8.31. The zero-order chi connectivity index (χ0) is 21.1. The fraction of sp³-hybridized carbons (Fsp3) is 0.619. The number of hydrogen-bond donors (Lipinski definition) is 3. The van der Waals surface area contributed by atoms with Crippen LogP contribution in [-0.2, 0) is 16.1 Å². The number of anilines is 1. The van der Waals surface area contributed by atoms with Gasteiger partial charge in [0, 0.05) is 31.6 Å². The molecular weight excluding hydrogens is 388 g/mol. The van der Waals surface area contributed by atoms with Crippen molar-refractivity contribution in [1.29, 1.82) is 0 Å². The summed E-state index contributed by atoms with van der Waals surface area (Å²) >= 11 is 0. The average Bonchev–Trinajstić information content (AvgIpc) is 3.55. The lowest BCUT2D eigenvalue weighted by molar-refractivity contribution is -0.154. The minimum absolute atomic E-state index is 0.0196. The molecule has 9 nitrogen and oxygen atoms in total. The molecule has 1 aliphatic carbocycles. The summed E-state index contributed by atoms with van der Waals surface area (Å²) in [6, 6.07) is 2.80. The molecule has 3 amide bonds. The zero-order valence-corrected chi connectivity index (χ0v) is 17.1. The quantitative estimate of drug-likeness (QED) is 0.438. The highest BCUT2D eigenvalue weighted by atomic mass is 16.7. The number of amides is 3. The number of nitrogens with two attached hydrogens (primary N) is 1. The smallest absolute Gasteiger partial charge is 0.338 e. The summed E-state index contributed by atoms with van der Waals surface area (Å²) in [6.07, 6.45) is 4.91. The molecule has 0 spiro atoms. The van der Waals surface area contributed by atoms with E-state index >= 15 is 0 Å². The van der Waals surface area contributed by atoms with Crippen LogP contribution in [0.25, 0.3) is 0 Å². The molecule has 0 aromatic heterocycles. The molecule has 4 N–H and O–H groups in total. The Bertz CT molecular complexity index is 790. The lowest BCUT2D eigenvalue weighted by Gasteiger charge is -2.36. The summed E-state index contributed by atoms with van der Waals surface area (Å²) in [5.41, 5.74) is 6.82. The Morgan fingerprint density at radius 1 is 1.23 bits per heavy atom. The molecule has 1 aromatic carbocycles. The highest BCUT2D eigenvalue weighted by Gasteiger charge is 2.30. The SMILES string of the molecule is NC(=O)N(OCC1CC1)C1CCN(CCOc2ccc(O)c3c2CCC(=O)N3)CC1. The Labute approximate surface area is 176 Å². The Morgan fingerprint density at radius 2 is 2.00 bits per heavy atom. The normalized spacial score (nSPS) is 19.8. The summed E-state index contributed by atoms with van der Waals surface area (Å²) in [6.45, 7) is 3.53. The average molecular weight is 418 g/mol. The van der Waals surface area contributed by atoms with Gasteiger partial charge >= 0.3 is 6.03 Å². The maximum atomic E-state index is 11.7. The molecular formula is C21H30N4O5. The number of benzene rings is 1. The van der Waals surface area contributed by atoms with E-state index in [-0.39, 0.29) is 17.7 Å². The van der Waals surface area contributed by atoms with Crippen molar-refractivity contribution >= 4 is 17.6 Å². The van der Waals surface area contributed by atoms with Gasteiger partial charge in [-0.15, -0.1) is 0 Å². The maximum Gasteiger partial charge on any atom is 0.338 e. The van der Waals surface area contributed by atoms with Crippen LogP contribution < -0.4 is 15.8 Å². The van der Waals surface area contributed by atoms with E-state index in [0.717, 1.165) is 38.0 Å². The zero-order valence-electron chi connectivity index (χ0n) is 17.1. The van der Waals surface area contributed by atoms with Crippen molar-refractivity contribution in [1.82, 2.24) is 9.96 Å². The van der Waals surface area contributed by atoms with E-state index in [1.807, 2.05) is 0 Å². The predicted octanol–water partition coefficient (Wildman–Crippen LogP) is 1.84. The lowest BCUT2D eigenvalue weighted by atomic mass is 10.0. The van der Waals surface area contributed by atoms with Crippen LogP contribution in [0.2, 0.25) is 0 Å². The number of primary amides is 1. The third-order valence-corrected chi connectivity index (χ3v) is 6.03. The van der Waals surface area contributed by atoms with Crippen LogP contribution in [0.4, 0.5) is 10.5 Å². The van der Waals surface area contributed by atoms with Gasteiger partial charge < -0.3 is 20.9 Å². The predicted molar refractivity (Wildman–Crippen MR) is 110 cm³/mol. The Kier molecular flexibility index (Phi) is 6.29. The molecule has 30 heavy (non-hydrogen) atoms. The highest BCUT2D eigenvalue weighted by Crippen LogP contribution is 2.38. The van der Waals surface area contributed by atoms with Gasteiger partial charge in [0.25, 0.3) is 0 Å². The number of likely N-dealkylation sites (tertiary alicyclic amines) is 1. The van der Waals surface area contributed by atoms with Gasteiger partial charge in [-0.2, -0.15) is 0 Å². The second-order valence-corrected chi connectivity index (χ2v) is 8.31. The van der Waals surface area contributed by atoms with E-state index < -0.39 is 6.03 Å². The molecule has 0 bridgehead atoms. The fourth-order valence-electron chi connectivity index (χ4n) is 4.06. The first-order valence-corrected chi connectivity index (χ1v) is 10.7. The lowest BCUT2D eigenvalue weighted by Crippen LogP contribution is -2.49. The molecule has 2 fully saturated rings. The number of aromatic hydroxyl groups is 1. The largest absolute Gasteiger partial charge is 0.506 e. The standard InChI is InChI=1S/C21H30N4O5/c22-21(28)25(30-13-14-1-2-14)15-7-9-24(10-8-15)11-12-29-18-5-4-17(26)20-16(18)3-6-19(27)23-20/h4-5,14-15,26H,1-3,6-13H2,(H2,22,28)(H,23,27). The Morgan fingerprint density at radius 3 is 2.70 bits per heavy atom. The number of fused-ring (bicyclic) bond motifs is 1. The fourth-order valence-corrected chi connectivity index (χ4v) is 4.06. The number of carbonyl (C=O) groups is 2. The number of nitrogens with one attached hydrogen (secondary N) is 1. The van der Waals surface area contributed by atoms with Crippen LogP contribution in [0.15, 0.2) is 12.1 Å². The van der Waals surface area contributed by atoms with E-state index in [4.69, 9.17) is 15.3 Å². The van der Waals surface area contributed by atoms with Crippen LogP contribution in [0, 0.1) is 5.92 Å². The van der Waals surface area contributed by atoms with Gasteiger partial charge in [0.2, 0.25) is 5.91 Å². The Balaban J connectivity index is 1.24. The number of piperidine rings is 1. The number of hydroxylamine groups is 2. The summed E-state index contributed by atoms with van der Waals surface area (Å²) in [7, 11) is 0. The molecule has 2 heterocycles. The summed E-state index contributed by atoms with van der Waals surface area (Å²) < 4.78 is 5.97. The number of phenolic OH excluding ortho intramolecular Hbond substituents is 1. The number of rotatable bonds is 8. The summed E-state index contributed by atoms with van der Waals surface area (Å²) in [5, 5.41) is 14.1. The van der Waals surface area contributed by atoms with Crippen LogP contribution in [0.1, 0.15) is 37.7 Å². The van der Waals surface area contributed by atoms with Crippen molar-refractivity contribution in [2.75, 3.05) is 38.2 Å². The van der Waals surface area contributed by atoms with Gasteiger partial charge in [0.1, 0.15) is 18.1 Å². The van der Waals surface area contributed by atoms with Crippen LogP contribution in [0.3, 0.4) is 0 Å². The number of nitrogens with zero attached hydrogens (tertiary/aromatic N) is 2. The summed E-state index contributed by atoms with van der Waals surface area (Å²) in [5.74, 6) is 1.24. The van der Waals surface area contributed by atoms with E-state index in [9.17, 15) is 14.7 Å². The first kappa shape index (κ1) is 20.7. The maximum absolute atomic E-state index is 11.7. The molecule has 4 rings (SSSR count). The van der Waals surface area contributed by atoms with Crippen molar-refractivity contribution in [2.24, 2.45) is 11.7 Å². The first-order valence-electron chi connectivity index (χ1n) is 10.7. The molecule has 1 aromatic rings. The third kappa shape index (κ3) is 4.96. The number of ether oxygens (including phenoxy) is 1. The van der Waals surface area contributed by atoms with E-state index in [2.05, 4.69) is 10.2 Å². The van der Waals surface area contributed by atoms with Crippen LogP contribution >= 0.6 is 0 Å². The van der Waals surface area contributed by atoms with Crippen molar-refractivity contribution in [3.05, 3.63) is 17.7 Å². The second kappa shape index (κ2) is 9.09.